The van der Waals surface area contributed by atoms with E-state index in [1.165, 1.54) is 11.3 Å². The minimum absolute atomic E-state index is 0.0250. The molecule has 0 bridgehead atoms. The van der Waals surface area contributed by atoms with Crippen molar-refractivity contribution in [2.75, 3.05) is 20.3 Å². The Hall–Kier alpha value is -3.85. The van der Waals surface area contributed by atoms with E-state index < -0.39 is 12.0 Å². The number of esters is 1. The van der Waals surface area contributed by atoms with Crippen molar-refractivity contribution in [2.24, 2.45) is 4.99 Å². The van der Waals surface area contributed by atoms with Crippen molar-refractivity contribution in [3.63, 3.8) is 0 Å². The summed E-state index contributed by atoms with van der Waals surface area (Å²) in [7, 11) is 1.58. The number of allylic oxidation sites excluding steroid dienone is 1. The lowest BCUT2D eigenvalue weighted by Gasteiger charge is -2.25. The fourth-order valence-electron chi connectivity index (χ4n) is 4.31. The second kappa shape index (κ2) is 11.7. The quantitative estimate of drug-likeness (QED) is 0.384. The van der Waals surface area contributed by atoms with Crippen LogP contribution < -0.4 is 29.1 Å². The van der Waals surface area contributed by atoms with Gasteiger partial charge in [0.25, 0.3) is 5.56 Å². The fourth-order valence-corrected chi connectivity index (χ4v) is 5.36. The number of rotatable bonds is 9. The van der Waals surface area contributed by atoms with Crippen LogP contribution in [0, 0.1) is 0 Å². The predicted molar refractivity (Wildman–Crippen MR) is 147 cm³/mol. The van der Waals surface area contributed by atoms with Gasteiger partial charge in [0, 0.05) is 0 Å². The molecule has 9 heteroatoms. The highest BCUT2D eigenvalue weighted by Crippen LogP contribution is 2.32. The molecule has 0 N–H and O–H groups in total. The first-order chi connectivity index (χ1) is 18.3. The number of thiazole rings is 1. The van der Waals surface area contributed by atoms with E-state index in [4.69, 9.17) is 18.9 Å². The highest BCUT2D eigenvalue weighted by atomic mass is 32.1. The van der Waals surface area contributed by atoms with E-state index in [0.29, 0.717) is 44.5 Å². The number of benzene rings is 2. The number of aromatic nitrogens is 1. The predicted octanol–water partition coefficient (Wildman–Crippen LogP) is 3.99. The summed E-state index contributed by atoms with van der Waals surface area (Å²) >= 11 is 1.27. The van der Waals surface area contributed by atoms with Gasteiger partial charge in [0.1, 0.15) is 5.75 Å². The Morgan fingerprint density at radius 2 is 1.84 bits per heavy atom. The van der Waals surface area contributed by atoms with Crippen molar-refractivity contribution in [2.45, 2.75) is 46.8 Å². The molecule has 4 rings (SSSR count). The number of carbonyl (C=O) groups is 1. The molecule has 0 amide bonds. The van der Waals surface area contributed by atoms with Crippen LogP contribution in [0.1, 0.15) is 51.8 Å². The van der Waals surface area contributed by atoms with Gasteiger partial charge in [-0.25, -0.2) is 9.79 Å². The lowest BCUT2D eigenvalue weighted by atomic mass is 9.96. The second-order valence-electron chi connectivity index (χ2n) is 8.88. The lowest BCUT2D eigenvalue weighted by molar-refractivity contribution is -0.139. The second-order valence-corrected chi connectivity index (χ2v) is 9.89. The Labute approximate surface area is 225 Å². The van der Waals surface area contributed by atoms with Gasteiger partial charge in [-0.05, 0) is 76.1 Å². The van der Waals surface area contributed by atoms with Gasteiger partial charge in [-0.15, -0.1) is 0 Å². The van der Waals surface area contributed by atoms with Crippen LogP contribution in [0.4, 0.5) is 0 Å². The third kappa shape index (κ3) is 5.52. The minimum atomic E-state index is -0.685. The molecule has 1 aliphatic rings. The van der Waals surface area contributed by atoms with Crippen LogP contribution >= 0.6 is 11.3 Å². The van der Waals surface area contributed by atoms with Crippen LogP contribution in [0.3, 0.4) is 0 Å². The highest BCUT2D eigenvalue weighted by molar-refractivity contribution is 7.07. The molecule has 0 saturated carbocycles. The van der Waals surface area contributed by atoms with Crippen molar-refractivity contribution in [1.82, 2.24) is 4.57 Å². The molecular weight excluding hydrogens is 504 g/mol. The molecule has 0 radical (unpaired) electrons. The van der Waals surface area contributed by atoms with Gasteiger partial charge in [-0.2, -0.15) is 0 Å². The normalized spacial score (nSPS) is 15.2. The third-order valence-corrected chi connectivity index (χ3v) is 6.85. The fraction of sp³-hybridized carbons (Fsp3) is 0.345. The summed E-state index contributed by atoms with van der Waals surface area (Å²) in [5.41, 5.74) is 2.16. The van der Waals surface area contributed by atoms with Crippen LogP contribution in [0.25, 0.3) is 6.08 Å². The molecule has 2 heterocycles. The van der Waals surface area contributed by atoms with Crippen molar-refractivity contribution in [3.8, 4) is 17.2 Å². The van der Waals surface area contributed by atoms with Gasteiger partial charge in [0.15, 0.2) is 16.3 Å². The zero-order valence-corrected chi connectivity index (χ0v) is 23.3. The number of methoxy groups -OCH3 is 1. The van der Waals surface area contributed by atoms with E-state index in [0.717, 1.165) is 11.1 Å². The zero-order chi connectivity index (χ0) is 27.4. The van der Waals surface area contributed by atoms with E-state index in [1.54, 1.807) is 37.7 Å². The zero-order valence-electron chi connectivity index (χ0n) is 22.4. The van der Waals surface area contributed by atoms with Gasteiger partial charge in [0.05, 0.1) is 48.3 Å². The van der Waals surface area contributed by atoms with E-state index in [9.17, 15) is 9.59 Å². The number of fused-ring (bicyclic) bond motifs is 1. The monoisotopic (exact) mass is 536 g/mol. The Morgan fingerprint density at radius 3 is 2.47 bits per heavy atom. The van der Waals surface area contributed by atoms with Crippen molar-refractivity contribution in [1.29, 1.82) is 0 Å². The van der Waals surface area contributed by atoms with Crippen molar-refractivity contribution in [3.05, 3.63) is 84.5 Å². The number of hydrogen-bond acceptors (Lipinski definition) is 8. The van der Waals surface area contributed by atoms with Gasteiger partial charge in [-0.3, -0.25) is 9.36 Å². The van der Waals surface area contributed by atoms with Gasteiger partial charge in [0.2, 0.25) is 0 Å². The molecule has 1 aromatic heterocycles. The van der Waals surface area contributed by atoms with Gasteiger partial charge < -0.3 is 18.9 Å². The first-order valence-electron chi connectivity index (χ1n) is 12.5. The maximum atomic E-state index is 13.8. The average molecular weight is 537 g/mol. The number of nitrogens with zero attached hydrogens (tertiary/aromatic N) is 2. The molecule has 1 unspecified atom stereocenters. The molecule has 3 aromatic rings. The summed E-state index contributed by atoms with van der Waals surface area (Å²) in [5, 5.41) is 0. The topological polar surface area (TPSA) is 88.4 Å². The summed E-state index contributed by atoms with van der Waals surface area (Å²) in [6, 6.07) is 12.2. The lowest BCUT2D eigenvalue weighted by Crippen LogP contribution is -2.39. The number of carbonyl (C=O) groups excluding carboxylic acids is 1. The van der Waals surface area contributed by atoms with Crippen LogP contribution in [-0.4, -0.2) is 37.0 Å². The first kappa shape index (κ1) is 27.2. The number of hydrogen-bond donors (Lipinski definition) is 0. The molecule has 38 heavy (non-hydrogen) atoms. The summed E-state index contributed by atoms with van der Waals surface area (Å²) in [6.45, 7) is 10.0. The summed E-state index contributed by atoms with van der Waals surface area (Å²) in [6.07, 6.45) is 1.82. The van der Waals surface area contributed by atoms with Crippen LogP contribution in [-0.2, 0) is 9.53 Å². The maximum Gasteiger partial charge on any atom is 0.338 e. The van der Waals surface area contributed by atoms with E-state index >= 15 is 0 Å². The molecule has 0 saturated heterocycles. The van der Waals surface area contributed by atoms with E-state index in [-0.39, 0.29) is 18.3 Å². The van der Waals surface area contributed by atoms with E-state index in [1.807, 2.05) is 57.2 Å². The number of ether oxygens (including phenoxy) is 4. The Kier molecular flexibility index (Phi) is 8.36. The Morgan fingerprint density at radius 1 is 1.11 bits per heavy atom. The molecule has 0 spiro atoms. The Balaban J connectivity index is 1.87. The molecule has 2 aromatic carbocycles. The first-order valence-corrected chi connectivity index (χ1v) is 13.4. The molecule has 0 aliphatic carbocycles. The summed E-state index contributed by atoms with van der Waals surface area (Å²) in [5.74, 6) is 1.43. The van der Waals surface area contributed by atoms with Gasteiger partial charge >= 0.3 is 5.97 Å². The van der Waals surface area contributed by atoms with Crippen LogP contribution in [0.5, 0.6) is 17.2 Å². The SMILES string of the molecule is CCOC(=O)C1=C(C)N=c2s/c(=C\c3ccc(OC)c(OCC)c3)c(=O)n2C1c1ccc(OC(C)C)cc1. The molecular formula is C29H32N2O6S. The third-order valence-electron chi connectivity index (χ3n) is 5.87. The molecule has 1 aliphatic heterocycles. The smallest absolute Gasteiger partial charge is 0.338 e. The largest absolute Gasteiger partial charge is 0.493 e. The Bertz CT molecular complexity index is 1530. The van der Waals surface area contributed by atoms with Crippen LogP contribution in [0.2, 0.25) is 0 Å². The van der Waals surface area contributed by atoms with Crippen LogP contribution in [0.15, 0.2) is 63.5 Å². The molecule has 1 atom stereocenters. The standard InChI is InChI=1S/C29H32N2O6S/c1-7-35-23-15-19(9-14-22(23)34-6)16-24-27(32)31-26(20-10-12-21(13-11-20)37-17(3)4)25(28(33)36-8-2)18(5)30-29(31)38-24/h9-17,26H,7-8H2,1-6H3/b24-16-. The van der Waals surface area contributed by atoms with Gasteiger partial charge in [-0.1, -0.05) is 29.5 Å². The molecule has 0 fully saturated rings. The summed E-state index contributed by atoms with van der Waals surface area (Å²) < 4.78 is 24.3. The summed E-state index contributed by atoms with van der Waals surface area (Å²) in [4.78, 5) is 32.0. The average Bonchev–Trinajstić information content (AvgIpc) is 3.18. The molecule has 200 valence electrons. The maximum absolute atomic E-state index is 13.8. The van der Waals surface area contributed by atoms with Crippen molar-refractivity contribution >= 4 is 23.4 Å². The van der Waals surface area contributed by atoms with E-state index in [2.05, 4.69) is 4.99 Å². The molecule has 8 nitrogen and oxygen atoms in total. The van der Waals surface area contributed by atoms with Crippen molar-refractivity contribution < 1.29 is 23.7 Å². The highest BCUT2D eigenvalue weighted by Gasteiger charge is 2.33. The minimum Gasteiger partial charge on any atom is -0.493 e.